The third-order valence-corrected chi connectivity index (χ3v) is 7.73. The molecule has 2 unspecified atom stereocenters. The van der Waals surface area contributed by atoms with Gasteiger partial charge in [-0.2, -0.15) is 0 Å². The van der Waals surface area contributed by atoms with Gasteiger partial charge in [0.05, 0.1) is 11.9 Å². The molecule has 0 heterocycles. The van der Waals surface area contributed by atoms with E-state index in [1.165, 1.54) is 4.90 Å². The van der Waals surface area contributed by atoms with E-state index in [-0.39, 0.29) is 18.5 Å². The maximum Gasteiger partial charge on any atom is 0.244 e. The summed E-state index contributed by atoms with van der Waals surface area (Å²) in [4.78, 5) is 27.7. The van der Waals surface area contributed by atoms with Crippen molar-refractivity contribution in [3.63, 3.8) is 0 Å². The molecule has 0 aliphatic heterocycles. The number of carbonyl (C=O) groups is 2. The van der Waals surface area contributed by atoms with E-state index >= 15 is 0 Å². The highest BCUT2D eigenvalue weighted by atomic mass is 79.9. The van der Waals surface area contributed by atoms with Crippen molar-refractivity contribution in [3.8, 4) is 0 Å². The predicted octanol–water partition coefficient (Wildman–Crippen LogP) is 4.85. The summed E-state index contributed by atoms with van der Waals surface area (Å²) < 4.78 is 26.9. The Hall–Kier alpha value is -1.81. The van der Waals surface area contributed by atoms with E-state index in [1.54, 1.807) is 49.4 Å². The largest absolute Gasteiger partial charge is 0.352 e. The Bertz CT molecular complexity index is 1110. The number of nitrogens with zero attached hydrogens (tertiary/aromatic N) is 2. The van der Waals surface area contributed by atoms with Gasteiger partial charge in [-0.1, -0.05) is 52.1 Å². The van der Waals surface area contributed by atoms with Crippen LogP contribution in [0.1, 0.15) is 32.8 Å². The minimum Gasteiger partial charge on any atom is -0.352 e. The maximum absolute atomic E-state index is 13.5. The summed E-state index contributed by atoms with van der Waals surface area (Å²) in [5.74, 6) is -0.934. The quantitative estimate of drug-likeness (QED) is 0.427. The van der Waals surface area contributed by atoms with Crippen LogP contribution in [0.15, 0.2) is 46.9 Å². The topological polar surface area (TPSA) is 86.8 Å². The molecule has 0 saturated heterocycles. The van der Waals surface area contributed by atoms with Crippen molar-refractivity contribution in [2.75, 3.05) is 17.1 Å². The summed E-state index contributed by atoms with van der Waals surface area (Å²) >= 11 is 16.0. The molecule has 0 fully saturated rings. The molecule has 2 aromatic rings. The lowest BCUT2D eigenvalue weighted by Gasteiger charge is -2.32. The van der Waals surface area contributed by atoms with Gasteiger partial charge in [0.2, 0.25) is 21.8 Å². The van der Waals surface area contributed by atoms with Crippen molar-refractivity contribution >= 4 is 66.7 Å². The number of rotatable bonds is 10. The first kappa shape index (κ1) is 28.4. The van der Waals surface area contributed by atoms with Gasteiger partial charge in [-0.15, -0.1) is 0 Å². The lowest BCUT2D eigenvalue weighted by atomic mass is 10.1. The van der Waals surface area contributed by atoms with Gasteiger partial charge in [0.15, 0.2) is 0 Å². The Morgan fingerprint density at radius 1 is 1.06 bits per heavy atom. The number of carbonyl (C=O) groups excluding carboxylic acids is 2. The molecule has 1 N–H and O–H groups in total. The van der Waals surface area contributed by atoms with Crippen LogP contribution in [0.5, 0.6) is 0 Å². The fraction of sp³-hybridized carbons (Fsp3) is 0.391. The molecule has 2 amide bonds. The fourth-order valence-electron chi connectivity index (χ4n) is 3.12. The van der Waals surface area contributed by atoms with Gasteiger partial charge in [0, 0.05) is 32.7 Å². The van der Waals surface area contributed by atoms with Crippen molar-refractivity contribution < 1.29 is 18.0 Å². The molecular weight excluding hydrogens is 565 g/mol. The second kappa shape index (κ2) is 12.2. The van der Waals surface area contributed by atoms with Gasteiger partial charge in [-0.25, -0.2) is 8.42 Å². The van der Waals surface area contributed by atoms with E-state index in [0.29, 0.717) is 27.7 Å². The zero-order valence-electron chi connectivity index (χ0n) is 19.4. The Morgan fingerprint density at radius 2 is 1.62 bits per heavy atom. The normalized spacial score (nSPS) is 13.1. The van der Waals surface area contributed by atoms with Gasteiger partial charge in [0.25, 0.3) is 0 Å². The van der Waals surface area contributed by atoms with Crippen molar-refractivity contribution in [3.05, 3.63) is 62.5 Å². The number of hydrogen-bond acceptors (Lipinski definition) is 4. The van der Waals surface area contributed by atoms with Crippen LogP contribution in [0.2, 0.25) is 10.0 Å². The Labute approximate surface area is 219 Å². The molecule has 0 aromatic heterocycles. The summed E-state index contributed by atoms with van der Waals surface area (Å²) in [6.07, 6.45) is 1.74. The molecule has 11 heteroatoms. The van der Waals surface area contributed by atoms with Crippen LogP contribution in [-0.2, 0) is 26.2 Å². The number of nitrogens with one attached hydrogen (secondary N) is 1. The molecule has 0 aliphatic carbocycles. The summed E-state index contributed by atoms with van der Waals surface area (Å²) in [7, 11) is -3.80. The number of sulfonamides is 1. The molecular formula is C23H28BrCl2N3O4S. The smallest absolute Gasteiger partial charge is 0.244 e. The average Bonchev–Trinajstić information content (AvgIpc) is 2.76. The molecule has 0 spiro atoms. The standard InChI is InChI=1S/C23H28BrCl2N3O4S/c1-5-15(2)27-23(31)16(3)28(13-19-20(25)7-6-8-21(19)26)22(30)14-29(34(4,32)33)18-11-9-17(24)10-12-18/h6-12,15-16H,5,13-14H2,1-4H3,(H,27,31). The lowest BCUT2D eigenvalue weighted by Crippen LogP contribution is -2.52. The highest BCUT2D eigenvalue weighted by Crippen LogP contribution is 2.27. The summed E-state index contributed by atoms with van der Waals surface area (Å²) in [5, 5.41) is 3.55. The van der Waals surface area contributed by atoms with Crippen LogP contribution < -0.4 is 9.62 Å². The molecule has 186 valence electrons. The van der Waals surface area contributed by atoms with Crippen LogP contribution in [0.25, 0.3) is 0 Å². The summed E-state index contributed by atoms with van der Waals surface area (Å²) in [6, 6.07) is 10.5. The number of halogens is 3. The van der Waals surface area contributed by atoms with E-state index in [1.807, 2.05) is 13.8 Å². The minimum absolute atomic E-state index is 0.0651. The molecule has 2 rings (SSSR count). The number of anilines is 1. The van der Waals surface area contributed by atoms with Gasteiger partial charge in [-0.3, -0.25) is 13.9 Å². The zero-order valence-corrected chi connectivity index (χ0v) is 23.3. The van der Waals surface area contributed by atoms with E-state index in [4.69, 9.17) is 23.2 Å². The highest BCUT2D eigenvalue weighted by Gasteiger charge is 2.31. The lowest BCUT2D eigenvalue weighted by molar-refractivity contribution is -0.139. The second-order valence-electron chi connectivity index (χ2n) is 7.96. The van der Waals surface area contributed by atoms with Gasteiger partial charge in [-0.05, 0) is 56.7 Å². The molecule has 34 heavy (non-hydrogen) atoms. The highest BCUT2D eigenvalue weighted by molar-refractivity contribution is 9.10. The van der Waals surface area contributed by atoms with Crippen molar-refractivity contribution in [1.82, 2.24) is 10.2 Å². The van der Waals surface area contributed by atoms with E-state index < -0.39 is 28.5 Å². The van der Waals surface area contributed by atoms with Crippen LogP contribution in [-0.4, -0.2) is 50.0 Å². The predicted molar refractivity (Wildman–Crippen MR) is 141 cm³/mol. The van der Waals surface area contributed by atoms with Crippen LogP contribution in [0, 0.1) is 0 Å². The van der Waals surface area contributed by atoms with E-state index in [0.717, 1.165) is 15.0 Å². The SMILES string of the molecule is CCC(C)NC(=O)C(C)N(Cc1c(Cl)cccc1Cl)C(=O)CN(c1ccc(Br)cc1)S(C)(=O)=O. The molecule has 2 aromatic carbocycles. The van der Waals surface area contributed by atoms with Crippen molar-refractivity contribution in [1.29, 1.82) is 0 Å². The fourth-order valence-corrected chi connectivity index (χ4v) is 4.75. The number of hydrogen-bond donors (Lipinski definition) is 1. The Balaban J connectivity index is 2.43. The monoisotopic (exact) mass is 591 g/mol. The molecule has 0 aliphatic rings. The molecule has 0 saturated carbocycles. The first-order valence-corrected chi connectivity index (χ1v) is 14.0. The van der Waals surface area contributed by atoms with Gasteiger partial charge >= 0.3 is 0 Å². The second-order valence-corrected chi connectivity index (χ2v) is 11.6. The molecule has 2 atom stereocenters. The third-order valence-electron chi connectivity index (χ3n) is 5.35. The number of amides is 2. The van der Waals surface area contributed by atoms with E-state index in [2.05, 4.69) is 21.2 Å². The van der Waals surface area contributed by atoms with Crippen molar-refractivity contribution in [2.45, 2.75) is 45.8 Å². The third kappa shape index (κ3) is 7.60. The van der Waals surface area contributed by atoms with Gasteiger partial charge < -0.3 is 10.2 Å². The molecule has 0 radical (unpaired) electrons. The summed E-state index contributed by atoms with van der Waals surface area (Å²) in [5.41, 5.74) is 0.795. The minimum atomic E-state index is -3.80. The van der Waals surface area contributed by atoms with Gasteiger partial charge in [0.1, 0.15) is 12.6 Å². The Kier molecular flexibility index (Phi) is 10.2. The van der Waals surface area contributed by atoms with Crippen molar-refractivity contribution in [2.24, 2.45) is 0 Å². The van der Waals surface area contributed by atoms with E-state index in [9.17, 15) is 18.0 Å². The van der Waals surface area contributed by atoms with Crippen LogP contribution in [0.3, 0.4) is 0 Å². The molecule has 7 nitrogen and oxygen atoms in total. The first-order valence-electron chi connectivity index (χ1n) is 10.6. The summed E-state index contributed by atoms with van der Waals surface area (Å²) in [6.45, 7) is 4.82. The first-order chi connectivity index (χ1) is 15.8. The zero-order chi connectivity index (χ0) is 25.6. The number of benzene rings is 2. The van der Waals surface area contributed by atoms with Crippen LogP contribution in [0.4, 0.5) is 5.69 Å². The van der Waals surface area contributed by atoms with Crippen LogP contribution >= 0.6 is 39.1 Å². The molecule has 0 bridgehead atoms. The maximum atomic E-state index is 13.5. The Morgan fingerprint density at radius 3 is 2.12 bits per heavy atom. The average molecular weight is 593 g/mol.